The number of hydrogen-bond donors (Lipinski definition) is 0. The quantitative estimate of drug-likeness (QED) is 0.401. The first-order valence-corrected chi connectivity index (χ1v) is 10.3. The minimum absolute atomic E-state index is 0.0896. The lowest BCUT2D eigenvalue weighted by molar-refractivity contribution is -0.385. The number of rotatable bonds is 6. The van der Waals surface area contributed by atoms with Crippen LogP contribution in [0.3, 0.4) is 0 Å². The van der Waals surface area contributed by atoms with E-state index in [1.165, 1.54) is 48.8 Å². The SMILES string of the molecule is O=[N+]([O-])c1cccc(C=NC2CS(=O)(=O)CC2N=Cc2cccc([N+](=O)[O-])c2)c1. The summed E-state index contributed by atoms with van der Waals surface area (Å²) >= 11 is 0. The first kappa shape index (κ1) is 20.3. The fourth-order valence-corrected chi connectivity index (χ4v) is 4.69. The van der Waals surface area contributed by atoms with E-state index >= 15 is 0 Å². The third kappa shape index (κ3) is 5.29. The van der Waals surface area contributed by atoms with Gasteiger partial charge in [0.05, 0.1) is 33.4 Å². The normalized spacial score (nSPS) is 21.0. The molecule has 1 aliphatic rings. The summed E-state index contributed by atoms with van der Waals surface area (Å²) in [4.78, 5) is 29.2. The Kier molecular flexibility index (Phi) is 5.78. The molecule has 29 heavy (non-hydrogen) atoms. The fraction of sp³-hybridized carbons (Fsp3) is 0.222. The van der Waals surface area contributed by atoms with Crippen LogP contribution in [0, 0.1) is 20.2 Å². The number of nitro groups is 2. The molecule has 11 heteroatoms. The average Bonchev–Trinajstić information content (AvgIpc) is 2.98. The molecule has 2 atom stereocenters. The van der Waals surface area contributed by atoms with Gasteiger partial charge in [-0.1, -0.05) is 24.3 Å². The smallest absolute Gasteiger partial charge is 0.270 e. The number of non-ortho nitro benzene ring substituents is 2. The largest absolute Gasteiger partial charge is 0.286 e. The Bertz CT molecular complexity index is 1030. The maximum atomic E-state index is 12.0. The molecule has 0 amide bonds. The van der Waals surface area contributed by atoms with Crippen LogP contribution in [0.1, 0.15) is 11.1 Å². The summed E-state index contributed by atoms with van der Waals surface area (Å²) in [6.45, 7) is 0. The summed E-state index contributed by atoms with van der Waals surface area (Å²) in [7, 11) is -3.34. The van der Waals surface area contributed by atoms with Crippen molar-refractivity contribution in [3.63, 3.8) is 0 Å². The van der Waals surface area contributed by atoms with E-state index in [0.717, 1.165) is 0 Å². The van der Waals surface area contributed by atoms with Crippen molar-refractivity contribution < 1.29 is 18.3 Å². The molecule has 2 aromatic carbocycles. The molecular formula is C18H16N4O6S. The van der Waals surface area contributed by atoms with E-state index in [-0.39, 0.29) is 22.9 Å². The maximum Gasteiger partial charge on any atom is 0.270 e. The highest BCUT2D eigenvalue weighted by atomic mass is 32.2. The zero-order chi connectivity index (χ0) is 21.0. The predicted molar refractivity (Wildman–Crippen MR) is 108 cm³/mol. The molecule has 2 unspecified atom stereocenters. The van der Waals surface area contributed by atoms with Gasteiger partial charge in [-0.3, -0.25) is 30.2 Å². The van der Waals surface area contributed by atoms with Crippen molar-refractivity contribution >= 4 is 33.6 Å². The molecule has 3 rings (SSSR count). The van der Waals surface area contributed by atoms with E-state index in [1.807, 2.05) is 0 Å². The number of benzene rings is 2. The van der Waals surface area contributed by atoms with Gasteiger partial charge in [-0.05, 0) is 11.1 Å². The standard InChI is InChI=1S/C18H16N4O6S/c23-21(24)15-5-1-3-13(7-15)9-19-17-11-29(27,28)12-18(17)20-10-14-4-2-6-16(8-14)22(25)26/h1-10,17-18H,11-12H2. The van der Waals surface area contributed by atoms with Gasteiger partial charge in [0.15, 0.2) is 9.84 Å². The van der Waals surface area contributed by atoms with Crippen molar-refractivity contribution in [2.75, 3.05) is 11.5 Å². The molecule has 10 nitrogen and oxygen atoms in total. The second-order valence-corrected chi connectivity index (χ2v) is 8.63. The highest BCUT2D eigenvalue weighted by molar-refractivity contribution is 7.91. The summed E-state index contributed by atoms with van der Waals surface area (Å²) < 4.78 is 24.1. The number of sulfone groups is 1. The highest BCUT2D eigenvalue weighted by Gasteiger charge is 2.36. The van der Waals surface area contributed by atoms with Crippen LogP contribution in [-0.4, -0.2) is 54.3 Å². The van der Waals surface area contributed by atoms with Crippen LogP contribution in [0.15, 0.2) is 58.5 Å². The van der Waals surface area contributed by atoms with Crippen LogP contribution in [0.4, 0.5) is 11.4 Å². The van der Waals surface area contributed by atoms with Crippen molar-refractivity contribution in [1.29, 1.82) is 0 Å². The lowest BCUT2D eigenvalue weighted by atomic mass is 10.1. The van der Waals surface area contributed by atoms with Gasteiger partial charge >= 0.3 is 0 Å². The number of hydrogen-bond acceptors (Lipinski definition) is 8. The van der Waals surface area contributed by atoms with Crippen LogP contribution >= 0.6 is 0 Å². The van der Waals surface area contributed by atoms with E-state index in [4.69, 9.17) is 0 Å². The van der Waals surface area contributed by atoms with Crippen LogP contribution < -0.4 is 0 Å². The Hall–Kier alpha value is -3.47. The van der Waals surface area contributed by atoms with E-state index < -0.39 is 31.8 Å². The van der Waals surface area contributed by atoms with Crippen molar-refractivity contribution in [3.8, 4) is 0 Å². The van der Waals surface area contributed by atoms with Crippen molar-refractivity contribution in [1.82, 2.24) is 0 Å². The van der Waals surface area contributed by atoms with Crippen LogP contribution in [0.2, 0.25) is 0 Å². The first-order valence-electron chi connectivity index (χ1n) is 8.49. The van der Waals surface area contributed by atoms with Crippen LogP contribution in [-0.2, 0) is 9.84 Å². The van der Waals surface area contributed by atoms with Crippen LogP contribution in [0.5, 0.6) is 0 Å². The van der Waals surface area contributed by atoms with Gasteiger partial charge in [0.1, 0.15) is 0 Å². The molecule has 1 saturated heterocycles. The Balaban J connectivity index is 1.80. The summed E-state index contributed by atoms with van der Waals surface area (Å²) in [5.41, 5.74) is 0.774. The van der Waals surface area contributed by atoms with Crippen molar-refractivity contribution in [2.45, 2.75) is 12.1 Å². The zero-order valence-electron chi connectivity index (χ0n) is 15.0. The van der Waals surface area contributed by atoms with Gasteiger partial charge in [-0.2, -0.15) is 0 Å². The molecule has 1 aliphatic heterocycles. The summed E-state index contributed by atoms with van der Waals surface area (Å²) in [5, 5.41) is 21.7. The molecular weight excluding hydrogens is 400 g/mol. The van der Waals surface area contributed by atoms with Gasteiger partial charge in [0, 0.05) is 36.7 Å². The minimum atomic E-state index is -3.34. The number of nitrogens with zero attached hydrogens (tertiary/aromatic N) is 4. The van der Waals surface area contributed by atoms with Gasteiger partial charge in [0.25, 0.3) is 11.4 Å². The molecule has 0 aliphatic carbocycles. The number of aliphatic imine (C=N–C) groups is 2. The molecule has 0 spiro atoms. The Morgan fingerprint density at radius 3 is 1.62 bits per heavy atom. The highest BCUT2D eigenvalue weighted by Crippen LogP contribution is 2.20. The van der Waals surface area contributed by atoms with E-state index in [9.17, 15) is 28.6 Å². The summed E-state index contributed by atoms with van der Waals surface area (Å²) in [6, 6.07) is 10.4. The number of nitro benzene ring substituents is 2. The van der Waals surface area contributed by atoms with Crippen molar-refractivity contribution in [2.24, 2.45) is 9.98 Å². The average molecular weight is 416 g/mol. The van der Waals surface area contributed by atoms with Gasteiger partial charge in [0.2, 0.25) is 0 Å². The predicted octanol–water partition coefficient (Wildman–Crippen LogP) is 2.21. The summed E-state index contributed by atoms with van der Waals surface area (Å²) in [6.07, 6.45) is 2.79. The second-order valence-electron chi connectivity index (χ2n) is 6.47. The first-order chi connectivity index (χ1) is 13.7. The monoisotopic (exact) mass is 416 g/mol. The Morgan fingerprint density at radius 1 is 0.828 bits per heavy atom. The van der Waals surface area contributed by atoms with E-state index in [0.29, 0.717) is 11.1 Å². The molecule has 0 radical (unpaired) electrons. The lowest BCUT2D eigenvalue weighted by Crippen LogP contribution is -2.20. The van der Waals surface area contributed by atoms with Gasteiger partial charge in [-0.25, -0.2) is 8.42 Å². The van der Waals surface area contributed by atoms with Crippen LogP contribution in [0.25, 0.3) is 0 Å². The summed E-state index contributed by atoms with van der Waals surface area (Å²) in [5.74, 6) is -0.370. The molecule has 150 valence electrons. The van der Waals surface area contributed by atoms with E-state index in [2.05, 4.69) is 9.98 Å². The van der Waals surface area contributed by atoms with Gasteiger partial charge < -0.3 is 0 Å². The Morgan fingerprint density at radius 2 is 1.24 bits per heavy atom. The minimum Gasteiger partial charge on any atom is -0.286 e. The molecule has 0 N–H and O–H groups in total. The maximum absolute atomic E-state index is 12.0. The zero-order valence-corrected chi connectivity index (χ0v) is 15.8. The molecule has 1 heterocycles. The van der Waals surface area contributed by atoms with Crippen molar-refractivity contribution in [3.05, 3.63) is 79.9 Å². The fourth-order valence-electron chi connectivity index (χ4n) is 2.90. The topological polar surface area (TPSA) is 145 Å². The second kappa shape index (κ2) is 8.27. The Labute approximate surface area is 165 Å². The third-order valence-electron chi connectivity index (χ3n) is 4.29. The molecule has 2 aromatic rings. The van der Waals surface area contributed by atoms with E-state index in [1.54, 1.807) is 12.1 Å². The lowest BCUT2D eigenvalue weighted by Gasteiger charge is -2.08. The molecule has 0 saturated carbocycles. The molecule has 1 fully saturated rings. The third-order valence-corrected chi connectivity index (χ3v) is 5.98. The molecule has 0 bridgehead atoms. The van der Waals surface area contributed by atoms with Gasteiger partial charge in [-0.15, -0.1) is 0 Å². The molecule has 0 aromatic heterocycles.